The number of hydrogen-bond acceptors (Lipinski definition) is 2. The maximum atomic E-state index is 12.3. The summed E-state index contributed by atoms with van der Waals surface area (Å²) in [7, 11) is 0. The molecule has 0 aliphatic carbocycles. The Kier molecular flexibility index (Phi) is 4.31. The molecule has 3 heteroatoms. The van der Waals surface area contributed by atoms with Crippen molar-refractivity contribution in [2.45, 2.75) is 19.9 Å². The summed E-state index contributed by atoms with van der Waals surface area (Å²) < 4.78 is 0. The van der Waals surface area contributed by atoms with Gasteiger partial charge in [-0.05, 0) is 29.7 Å². The zero-order valence-corrected chi connectivity index (χ0v) is 11.0. The fourth-order valence-corrected chi connectivity index (χ4v) is 2.06. The number of nitrogens with one attached hydrogen (secondary N) is 1. The van der Waals surface area contributed by atoms with Crippen molar-refractivity contribution in [3.05, 3.63) is 65.2 Å². The van der Waals surface area contributed by atoms with Gasteiger partial charge in [-0.2, -0.15) is 0 Å². The van der Waals surface area contributed by atoms with Crippen LogP contribution in [0.3, 0.4) is 0 Å². The Hall–Kier alpha value is -2.13. The molecule has 0 saturated carbocycles. The molecule has 98 valence electrons. The lowest BCUT2D eigenvalue weighted by Crippen LogP contribution is -2.16. The summed E-state index contributed by atoms with van der Waals surface area (Å²) in [4.78, 5) is 12.3. The monoisotopic (exact) mass is 254 g/mol. The van der Waals surface area contributed by atoms with E-state index in [1.54, 1.807) is 6.07 Å². The van der Waals surface area contributed by atoms with Crippen molar-refractivity contribution in [1.29, 1.82) is 0 Å². The fourth-order valence-electron chi connectivity index (χ4n) is 2.06. The minimum atomic E-state index is -0.109. The van der Waals surface area contributed by atoms with Crippen LogP contribution in [-0.2, 0) is 13.0 Å². The minimum Gasteiger partial charge on any atom is -0.326 e. The van der Waals surface area contributed by atoms with Gasteiger partial charge in [0, 0.05) is 17.8 Å². The van der Waals surface area contributed by atoms with Crippen molar-refractivity contribution >= 4 is 11.6 Å². The Balaban J connectivity index is 2.26. The number of nitrogens with two attached hydrogens (primary N) is 1. The van der Waals surface area contributed by atoms with Crippen molar-refractivity contribution in [3.8, 4) is 0 Å². The normalized spacial score (nSPS) is 10.2. The molecule has 0 fully saturated rings. The quantitative estimate of drug-likeness (QED) is 0.881. The number of amides is 1. The predicted molar refractivity (Wildman–Crippen MR) is 78.1 cm³/mol. The summed E-state index contributed by atoms with van der Waals surface area (Å²) in [5.74, 6) is -0.109. The van der Waals surface area contributed by atoms with Crippen molar-refractivity contribution in [2.75, 3.05) is 5.32 Å². The first kappa shape index (κ1) is 13.3. The first-order valence-electron chi connectivity index (χ1n) is 6.43. The van der Waals surface area contributed by atoms with E-state index in [0.717, 1.165) is 23.2 Å². The van der Waals surface area contributed by atoms with E-state index in [1.165, 1.54) is 0 Å². The van der Waals surface area contributed by atoms with Gasteiger partial charge in [0.25, 0.3) is 5.91 Å². The van der Waals surface area contributed by atoms with Gasteiger partial charge in [0.1, 0.15) is 0 Å². The zero-order valence-electron chi connectivity index (χ0n) is 11.0. The topological polar surface area (TPSA) is 55.1 Å². The smallest absolute Gasteiger partial charge is 0.255 e. The standard InChI is InChI=1S/C16H18N2O/c1-2-12-7-4-6-10-15(12)18-16(19)14-9-5-3-8-13(14)11-17/h3-10H,2,11,17H2,1H3,(H,18,19). The molecule has 0 aromatic heterocycles. The average molecular weight is 254 g/mol. The summed E-state index contributed by atoms with van der Waals surface area (Å²) in [5, 5.41) is 2.96. The number of hydrogen-bond donors (Lipinski definition) is 2. The lowest BCUT2D eigenvalue weighted by molar-refractivity contribution is 0.102. The summed E-state index contributed by atoms with van der Waals surface area (Å²) in [6, 6.07) is 15.2. The van der Waals surface area contributed by atoms with Gasteiger partial charge in [0.15, 0.2) is 0 Å². The Labute approximate surface area is 113 Å². The molecular formula is C16H18N2O. The van der Waals surface area contributed by atoms with Crippen LogP contribution in [0.1, 0.15) is 28.4 Å². The summed E-state index contributed by atoms with van der Waals surface area (Å²) in [5.41, 5.74) is 9.14. The van der Waals surface area contributed by atoms with Gasteiger partial charge in [-0.15, -0.1) is 0 Å². The Morgan fingerprint density at radius 3 is 2.37 bits per heavy atom. The molecular weight excluding hydrogens is 236 g/mol. The number of rotatable bonds is 4. The van der Waals surface area contributed by atoms with Crippen LogP contribution >= 0.6 is 0 Å². The van der Waals surface area contributed by atoms with E-state index >= 15 is 0 Å². The molecule has 3 nitrogen and oxygen atoms in total. The van der Waals surface area contributed by atoms with E-state index in [0.29, 0.717) is 12.1 Å². The maximum absolute atomic E-state index is 12.3. The van der Waals surface area contributed by atoms with Gasteiger partial charge in [-0.1, -0.05) is 43.3 Å². The SMILES string of the molecule is CCc1ccccc1NC(=O)c1ccccc1CN. The minimum absolute atomic E-state index is 0.109. The zero-order chi connectivity index (χ0) is 13.7. The Bertz CT molecular complexity index is 578. The lowest BCUT2D eigenvalue weighted by atomic mass is 10.1. The van der Waals surface area contributed by atoms with Crippen LogP contribution in [0.25, 0.3) is 0 Å². The summed E-state index contributed by atoms with van der Waals surface area (Å²) >= 11 is 0. The van der Waals surface area contributed by atoms with E-state index < -0.39 is 0 Å². The molecule has 1 amide bonds. The van der Waals surface area contributed by atoms with Crippen LogP contribution in [-0.4, -0.2) is 5.91 Å². The molecule has 19 heavy (non-hydrogen) atoms. The molecule has 0 aliphatic heterocycles. The van der Waals surface area contributed by atoms with Gasteiger partial charge >= 0.3 is 0 Å². The lowest BCUT2D eigenvalue weighted by Gasteiger charge is -2.11. The second-order valence-electron chi connectivity index (χ2n) is 4.33. The third-order valence-electron chi connectivity index (χ3n) is 3.13. The highest BCUT2D eigenvalue weighted by Gasteiger charge is 2.11. The number of carbonyl (C=O) groups excluding carboxylic acids is 1. The highest BCUT2D eigenvalue weighted by molar-refractivity contribution is 6.05. The molecule has 0 bridgehead atoms. The summed E-state index contributed by atoms with van der Waals surface area (Å²) in [6.45, 7) is 2.43. The van der Waals surface area contributed by atoms with Crippen LogP contribution in [0.4, 0.5) is 5.69 Å². The number of para-hydroxylation sites is 1. The van der Waals surface area contributed by atoms with E-state index in [9.17, 15) is 4.79 Å². The van der Waals surface area contributed by atoms with Crippen LogP contribution in [0.5, 0.6) is 0 Å². The van der Waals surface area contributed by atoms with Gasteiger partial charge < -0.3 is 11.1 Å². The van der Waals surface area contributed by atoms with Gasteiger partial charge in [-0.25, -0.2) is 0 Å². The van der Waals surface area contributed by atoms with Crippen molar-refractivity contribution < 1.29 is 4.79 Å². The highest BCUT2D eigenvalue weighted by atomic mass is 16.1. The van der Waals surface area contributed by atoms with E-state index in [2.05, 4.69) is 12.2 Å². The summed E-state index contributed by atoms with van der Waals surface area (Å²) in [6.07, 6.45) is 0.884. The van der Waals surface area contributed by atoms with E-state index in [1.807, 2.05) is 42.5 Å². The highest BCUT2D eigenvalue weighted by Crippen LogP contribution is 2.17. The van der Waals surface area contributed by atoms with Gasteiger partial charge in [0.05, 0.1) is 0 Å². The maximum Gasteiger partial charge on any atom is 0.255 e. The second kappa shape index (κ2) is 6.16. The Morgan fingerprint density at radius 1 is 1.05 bits per heavy atom. The van der Waals surface area contributed by atoms with Crippen LogP contribution in [0.2, 0.25) is 0 Å². The molecule has 2 rings (SSSR count). The van der Waals surface area contributed by atoms with E-state index in [4.69, 9.17) is 5.73 Å². The van der Waals surface area contributed by atoms with Crippen LogP contribution < -0.4 is 11.1 Å². The van der Waals surface area contributed by atoms with Gasteiger partial charge in [0.2, 0.25) is 0 Å². The fraction of sp³-hybridized carbons (Fsp3) is 0.188. The molecule has 0 aliphatic rings. The van der Waals surface area contributed by atoms with Crippen LogP contribution in [0.15, 0.2) is 48.5 Å². The van der Waals surface area contributed by atoms with Crippen molar-refractivity contribution in [2.24, 2.45) is 5.73 Å². The molecule has 0 heterocycles. The molecule has 2 aromatic rings. The largest absolute Gasteiger partial charge is 0.326 e. The first-order chi connectivity index (χ1) is 9.26. The molecule has 0 saturated heterocycles. The van der Waals surface area contributed by atoms with E-state index in [-0.39, 0.29) is 5.91 Å². The molecule has 0 atom stereocenters. The third kappa shape index (κ3) is 3.01. The third-order valence-corrected chi connectivity index (χ3v) is 3.13. The molecule has 0 radical (unpaired) electrons. The molecule has 0 unspecified atom stereocenters. The Morgan fingerprint density at radius 2 is 1.68 bits per heavy atom. The van der Waals surface area contributed by atoms with Crippen molar-refractivity contribution in [3.63, 3.8) is 0 Å². The number of aryl methyl sites for hydroxylation is 1. The second-order valence-corrected chi connectivity index (χ2v) is 4.33. The number of anilines is 1. The number of benzene rings is 2. The molecule has 2 aromatic carbocycles. The molecule has 0 spiro atoms. The van der Waals surface area contributed by atoms with Gasteiger partial charge in [-0.3, -0.25) is 4.79 Å². The first-order valence-corrected chi connectivity index (χ1v) is 6.43. The van der Waals surface area contributed by atoms with Crippen LogP contribution in [0, 0.1) is 0 Å². The predicted octanol–water partition coefficient (Wildman–Crippen LogP) is 2.96. The number of carbonyl (C=O) groups is 1. The van der Waals surface area contributed by atoms with Crippen molar-refractivity contribution in [1.82, 2.24) is 0 Å². The average Bonchev–Trinajstić information content (AvgIpc) is 2.47. The molecule has 3 N–H and O–H groups in total.